The van der Waals surface area contributed by atoms with Crippen molar-refractivity contribution in [1.82, 2.24) is 4.98 Å². The molecule has 5 heteroatoms. The maximum absolute atomic E-state index is 9.29. The Bertz CT molecular complexity index is 278. The van der Waals surface area contributed by atoms with E-state index in [0.717, 1.165) is 28.4 Å². The minimum absolute atomic E-state index is 0.173. The first-order chi connectivity index (χ1) is 5.75. The summed E-state index contributed by atoms with van der Waals surface area (Å²) in [5.74, 6) is 0. The van der Waals surface area contributed by atoms with Gasteiger partial charge >= 0.3 is 0 Å². The molecule has 1 aliphatic rings. The summed E-state index contributed by atoms with van der Waals surface area (Å²) in [6, 6.07) is 0. The van der Waals surface area contributed by atoms with Crippen molar-refractivity contribution >= 4 is 32.4 Å². The summed E-state index contributed by atoms with van der Waals surface area (Å²) in [5.41, 5.74) is 0. The Hall–Kier alpha value is -0.130. The molecule has 1 aromatic heterocycles. The van der Waals surface area contributed by atoms with Gasteiger partial charge in [0.1, 0.15) is 0 Å². The van der Waals surface area contributed by atoms with Gasteiger partial charge in [0.25, 0.3) is 0 Å². The van der Waals surface area contributed by atoms with Crippen LogP contribution in [-0.2, 0) is 0 Å². The van der Waals surface area contributed by atoms with Crippen LogP contribution < -0.4 is 4.90 Å². The van der Waals surface area contributed by atoms with Crippen LogP contribution in [0.2, 0.25) is 0 Å². The zero-order chi connectivity index (χ0) is 8.55. The van der Waals surface area contributed by atoms with Gasteiger partial charge in [0.2, 0.25) is 0 Å². The Morgan fingerprint density at radius 3 is 3.08 bits per heavy atom. The van der Waals surface area contributed by atoms with Gasteiger partial charge in [0.15, 0.2) is 5.13 Å². The molecule has 0 radical (unpaired) electrons. The molecule has 1 fully saturated rings. The predicted molar refractivity (Wildman–Crippen MR) is 52.7 cm³/mol. The summed E-state index contributed by atoms with van der Waals surface area (Å²) >= 11 is 4.97. The molecule has 1 aliphatic heterocycles. The number of nitrogens with zero attached hydrogens (tertiary/aromatic N) is 2. The standard InChI is InChI=1S/C7H9BrN2OS/c8-6-3-9-7(12-6)10-2-1-5(11)4-10/h3,5,11H,1-2,4H2. The number of hydrogen-bond donors (Lipinski definition) is 1. The van der Waals surface area contributed by atoms with E-state index in [1.54, 1.807) is 17.5 Å². The SMILES string of the molecule is OC1CCN(c2ncc(Br)s2)C1. The molecule has 0 amide bonds. The second-order valence-corrected chi connectivity index (χ2v) is 5.22. The van der Waals surface area contributed by atoms with Crippen molar-refractivity contribution in [1.29, 1.82) is 0 Å². The quantitative estimate of drug-likeness (QED) is 0.818. The molecule has 12 heavy (non-hydrogen) atoms. The molecule has 1 aromatic rings. The van der Waals surface area contributed by atoms with Crippen LogP contribution in [0.15, 0.2) is 9.98 Å². The summed E-state index contributed by atoms with van der Waals surface area (Å²) in [7, 11) is 0. The Kier molecular flexibility index (Phi) is 2.34. The second kappa shape index (κ2) is 3.32. The van der Waals surface area contributed by atoms with Crippen molar-refractivity contribution in [3.63, 3.8) is 0 Å². The lowest BCUT2D eigenvalue weighted by atomic mass is 10.3. The van der Waals surface area contributed by atoms with E-state index < -0.39 is 0 Å². The third kappa shape index (κ3) is 1.62. The topological polar surface area (TPSA) is 36.4 Å². The fraction of sp³-hybridized carbons (Fsp3) is 0.571. The Labute approximate surface area is 83.2 Å². The zero-order valence-corrected chi connectivity index (χ0v) is 8.81. The molecule has 1 unspecified atom stereocenters. The lowest BCUT2D eigenvalue weighted by molar-refractivity contribution is 0.198. The fourth-order valence-corrected chi connectivity index (χ4v) is 2.52. The van der Waals surface area contributed by atoms with Gasteiger partial charge in [0, 0.05) is 13.1 Å². The van der Waals surface area contributed by atoms with Gasteiger partial charge in [-0.05, 0) is 22.4 Å². The Balaban J connectivity index is 2.11. The van der Waals surface area contributed by atoms with Crippen molar-refractivity contribution in [3.05, 3.63) is 9.98 Å². The average molecular weight is 249 g/mol. The highest BCUT2D eigenvalue weighted by atomic mass is 79.9. The highest BCUT2D eigenvalue weighted by molar-refractivity contribution is 9.11. The van der Waals surface area contributed by atoms with Crippen LogP contribution in [0.4, 0.5) is 5.13 Å². The molecule has 1 atom stereocenters. The van der Waals surface area contributed by atoms with E-state index in [0.29, 0.717) is 0 Å². The molecular formula is C7H9BrN2OS. The number of anilines is 1. The monoisotopic (exact) mass is 248 g/mol. The van der Waals surface area contributed by atoms with Crippen molar-refractivity contribution < 1.29 is 5.11 Å². The number of β-amino-alcohol motifs (C(OH)–C–C–N with tert-alkyl or cyclic N) is 1. The third-order valence-electron chi connectivity index (χ3n) is 1.90. The lowest BCUT2D eigenvalue weighted by Crippen LogP contribution is -2.20. The van der Waals surface area contributed by atoms with E-state index in [9.17, 15) is 5.11 Å². The van der Waals surface area contributed by atoms with Gasteiger partial charge in [-0.25, -0.2) is 4.98 Å². The summed E-state index contributed by atoms with van der Waals surface area (Å²) in [6.07, 6.45) is 2.48. The van der Waals surface area contributed by atoms with E-state index in [4.69, 9.17) is 0 Å². The molecule has 0 saturated carbocycles. The fourth-order valence-electron chi connectivity index (χ4n) is 1.31. The highest BCUT2D eigenvalue weighted by Crippen LogP contribution is 2.28. The van der Waals surface area contributed by atoms with E-state index in [-0.39, 0.29) is 6.10 Å². The first kappa shape index (κ1) is 8.47. The van der Waals surface area contributed by atoms with E-state index >= 15 is 0 Å². The number of aliphatic hydroxyl groups excluding tert-OH is 1. The van der Waals surface area contributed by atoms with E-state index in [1.165, 1.54) is 0 Å². The van der Waals surface area contributed by atoms with Crippen LogP contribution in [0.25, 0.3) is 0 Å². The summed E-state index contributed by atoms with van der Waals surface area (Å²) in [6.45, 7) is 1.64. The number of aromatic nitrogens is 1. The van der Waals surface area contributed by atoms with Crippen LogP contribution >= 0.6 is 27.3 Å². The maximum Gasteiger partial charge on any atom is 0.186 e. The number of hydrogen-bond acceptors (Lipinski definition) is 4. The van der Waals surface area contributed by atoms with Crippen LogP contribution in [0.1, 0.15) is 6.42 Å². The third-order valence-corrected chi connectivity index (χ3v) is 3.44. The summed E-state index contributed by atoms with van der Waals surface area (Å²) in [5, 5.41) is 10.3. The highest BCUT2D eigenvalue weighted by Gasteiger charge is 2.22. The van der Waals surface area contributed by atoms with Gasteiger partial charge < -0.3 is 10.0 Å². The molecule has 0 bridgehead atoms. The van der Waals surface area contributed by atoms with Crippen molar-refractivity contribution in [2.24, 2.45) is 0 Å². The number of aliphatic hydroxyl groups is 1. The van der Waals surface area contributed by atoms with Crippen LogP contribution in [-0.4, -0.2) is 29.3 Å². The smallest absolute Gasteiger partial charge is 0.186 e. The second-order valence-electron chi connectivity index (χ2n) is 2.84. The van der Waals surface area contributed by atoms with Crippen LogP contribution in [0, 0.1) is 0 Å². The molecule has 3 nitrogen and oxygen atoms in total. The normalized spacial score (nSPS) is 23.5. The zero-order valence-electron chi connectivity index (χ0n) is 6.40. The van der Waals surface area contributed by atoms with E-state index in [2.05, 4.69) is 25.8 Å². The molecule has 1 saturated heterocycles. The van der Waals surface area contributed by atoms with Gasteiger partial charge in [-0.1, -0.05) is 11.3 Å². The molecule has 2 rings (SSSR count). The first-order valence-corrected chi connectivity index (χ1v) is 5.41. The van der Waals surface area contributed by atoms with Crippen LogP contribution in [0.3, 0.4) is 0 Å². The molecule has 0 aliphatic carbocycles. The van der Waals surface area contributed by atoms with Crippen molar-refractivity contribution in [3.8, 4) is 0 Å². The summed E-state index contributed by atoms with van der Waals surface area (Å²) < 4.78 is 1.04. The summed E-state index contributed by atoms with van der Waals surface area (Å²) in [4.78, 5) is 6.33. The average Bonchev–Trinajstić information content (AvgIpc) is 2.58. The Morgan fingerprint density at radius 1 is 1.75 bits per heavy atom. The Morgan fingerprint density at radius 2 is 2.58 bits per heavy atom. The molecule has 0 spiro atoms. The first-order valence-electron chi connectivity index (χ1n) is 3.80. The van der Waals surface area contributed by atoms with Gasteiger partial charge in [-0.3, -0.25) is 0 Å². The van der Waals surface area contributed by atoms with Crippen molar-refractivity contribution in [2.75, 3.05) is 18.0 Å². The van der Waals surface area contributed by atoms with E-state index in [1.807, 2.05) is 0 Å². The van der Waals surface area contributed by atoms with Gasteiger partial charge in [-0.2, -0.15) is 0 Å². The van der Waals surface area contributed by atoms with Crippen LogP contribution in [0.5, 0.6) is 0 Å². The minimum atomic E-state index is -0.173. The number of thiazole rings is 1. The van der Waals surface area contributed by atoms with Crippen molar-refractivity contribution in [2.45, 2.75) is 12.5 Å². The molecular weight excluding hydrogens is 240 g/mol. The predicted octanol–water partition coefficient (Wildman–Crippen LogP) is 1.48. The molecule has 0 aromatic carbocycles. The lowest BCUT2D eigenvalue weighted by Gasteiger charge is -2.12. The number of halogens is 1. The minimum Gasteiger partial charge on any atom is -0.391 e. The molecule has 66 valence electrons. The molecule has 1 N–H and O–H groups in total. The maximum atomic E-state index is 9.29. The number of rotatable bonds is 1. The van der Waals surface area contributed by atoms with Gasteiger partial charge in [-0.15, -0.1) is 0 Å². The van der Waals surface area contributed by atoms with Gasteiger partial charge in [0.05, 0.1) is 16.1 Å². The largest absolute Gasteiger partial charge is 0.391 e. The molecule has 2 heterocycles.